The lowest BCUT2D eigenvalue weighted by atomic mass is 9.96. The first-order valence-corrected chi connectivity index (χ1v) is 8.77. The molecule has 1 fully saturated rings. The van der Waals surface area contributed by atoms with Gasteiger partial charge in [-0.2, -0.15) is 0 Å². The molecule has 1 aliphatic rings. The highest BCUT2D eigenvalue weighted by Crippen LogP contribution is 2.22. The molecule has 0 bridgehead atoms. The van der Waals surface area contributed by atoms with Crippen molar-refractivity contribution in [3.63, 3.8) is 0 Å². The fourth-order valence-corrected chi connectivity index (χ4v) is 3.60. The van der Waals surface area contributed by atoms with Gasteiger partial charge in [-0.3, -0.25) is 14.2 Å². The number of carbonyl (C=O) groups excluding carboxylic acids is 1. The standard InChI is InChI=1S/C18H24N4O3/c1-3-21-17(24)13-8-7-12(10-14(13)20-18(21)25)16(23)22-9-5-4-6-15(22)11(2)19/h7-8,10-11,15H,3-6,9,19H2,1-2H3,(H,20,25). The first kappa shape index (κ1) is 17.4. The largest absolute Gasteiger partial charge is 0.334 e. The summed E-state index contributed by atoms with van der Waals surface area (Å²) in [4.78, 5) is 41.8. The second-order valence-electron chi connectivity index (χ2n) is 6.66. The van der Waals surface area contributed by atoms with Crippen molar-refractivity contribution in [2.24, 2.45) is 5.73 Å². The number of hydrogen-bond donors (Lipinski definition) is 2. The second-order valence-corrected chi connectivity index (χ2v) is 6.66. The van der Waals surface area contributed by atoms with E-state index in [9.17, 15) is 14.4 Å². The average molecular weight is 344 g/mol. The summed E-state index contributed by atoms with van der Waals surface area (Å²) in [5, 5.41) is 0.403. The number of fused-ring (bicyclic) bond motifs is 1. The van der Waals surface area contributed by atoms with Crippen LogP contribution in [-0.2, 0) is 6.54 Å². The molecule has 2 unspecified atom stereocenters. The Kier molecular flexibility index (Phi) is 4.76. The highest BCUT2D eigenvalue weighted by molar-refractivity contribution is 5.97. The molecule has 134 valence electrons. The van der Waals surface area contributed by atoms with E-state index in [0.717, 1.165) is 23.8 Å². The normalized spacial score (nSPS) is 19.2. The first-order valence-electron chi connectivity index (χ1n) is 8.77. The third-order valence-corrected chi connectivity index (χ3v) is 4.96. The molecule has 1 amide bonds. The van der Waals surface area contributed by atoms with E-state index in [1.807, 2.05) is 11.8 Å². The van der Waals surface area contributed by atoms with Gasteiger partial charge in [0, 0.05) is 30.7 Å². The van der Waals surface area contributed by atoms with Crippen molar-refractivity contribution in [2.45, 2.75) is 51.7 Å². The lowest BCUT2D eigenvalue weighted by Gasteiger charge is -2.38. The van der Waals surface area contributed by atoms with Crippen LogP contribution in [0.2, 0.25) is 0 Å². The van der Waals surface area contributed by atoms with Gasteiger partial charge in [0.15, 0.2) is 0 Å². The number of aromatic nitrogens is 2. The van der Waals surface area contributed by atoms with Crippen LogP contribution in [0.25, 0.3) is 10.9 Å². The number of piperidine rings is 1. The minimum absolute atomic E-state index is 0.0177. The summed E-state index contributed by atoms with van der Waals surface area (Å²) in [5.74, 6) is -0.107. The van der Waals surface area contributed by atoms with Gasteiger partial charge in [0.05, 0.1) is 10.9 Å². The van der Waals surface area contributed by atoms with E-state index in [0.29, 0.717) is 29.6 Å². The van der Waals surface area contributed by atoms with Gasteiger partial charge < -0.3 is 15.6 Å². The van der Waals surface area contributed by atoms with E-state index in [4.69, 9.17) is 5.73 Å². The Morgan fingerprint density at radius 3 is 2.80 bits per heavy atom. The van der Waals surface area contributed by atoms with Gasteiger partial charge >= 0.3 is 5.69 Å². The van der Waals surface area contributed by atoms with Gasteiger partial charge in [0.2, 0.25) is 0 Å². The molecule has 0 aliphatic carbocycles. The molecule has 3 N–H and O–H groups in total. The summed E-state index contributed by atoms with van der Waals surface area (Å²) in [7, 11) is 0. The molecule has 0 saturated carbocycles. The van der Waals surface area contributed by atoms with Gasteiger partial charge in [-0.15, -0.1) is 0 Å². The van der Waals surface area contributed by atoms with E-state index < -0.39 is 5.69 Å². The van der Waals surface area contributed by atoms with Crippen molar-refractivity contribution in [3.8, 4) is 0 Å². The summed E-state index contributed by atoms with van der Waals surface area (Å²) in [5.41, 5.74) is 6.10. The Bertz CT molecular complexity index is 913. The maximum absolute atomic E-state index is 12.9. The number of carbonyl (C=O) groups is 1. The lowest BCUT2D eigenvalue weighted by molar-refractivity contribution is 0.0584. The van der Waals surface area contributed by atoms with Crippen LogP contribution in [0.15, 0.2) is 27.8 Å². The van der Waals surface area contributed by atoms with E-state index in [1.54, 1.807) is 25.1 Å². The zero-order valence-electron chi connectivity index (χ0n) is 14.6. The fraction of sp³-hybridized carbons (Fsp3) is 0.500. The molecule has 2 heterocycles. The number of rotatable bonds is 3. The number of aromatic amines is 1. The van der Waals surface area contributed by atoms with E-state index in [2.05, 4.69) is 4.98 Å². The van der Waals surface area contributed by atoms with Crippen LogP contribution in [-0.4, -0.2) is 39.0 Å². The molecule has 0 spiro atoms. The molecule has 7 nitrogen and oxygen atoms in total. The van der Waals surface area contributed by atoms with Crippen LogP contribution in [0, 0.1) is 0 Å². The monoisotopic (exact) mass is 344 g/mol. The fourth-order valence-electron chi connectivity index (χ4n) is 3.60. The minimum Gasteiger partial charge on any atom is -0.334 e. The molecule has 3 rings (SSSR count). The first-order chi connectivity index (χ1) is 11.9. The summed E-state index contributed by atoms with van der Waals surface area (Å²) in [6, 6.07) is 4.77. The van der Waals surface area contributed by atoms with Crippen LogP contribution in [0.1, 0.15) is 43.5 Å². The molecule has 1 aliphatic heterocycles. The third kappa shape index (κ3) is 3.11. The van der Waals surface area contributed by atoms with E-state index in [1.165, 1.54) is 0 Å². The molecule has 25 heavy (non-hydrogen) atoms. The van der Waals surface area contributed by atoms with Crippen LogP contribution in [0.5, 0.6) is 0 Å². The maximum Gasteiger partial charge on any atom is 0.328 e. The van der Waals surface area contributed by atoms with Crippen LogP contribution in [0.3, 0.4) is 0 Å². The number of nitrogens with one attached hydrogen (secondary N) is 1. The molecule has 2 atom stereocenters. The van der Waals surface area contributed by atoms with Crippen LogP contribution in [0.4, 0.5) is 0 Å². The third-order valence-electron chi connectivity index (χ3n) is 4.96. The van der Waals surface area contributed by atoms with Crippen LogP contribution >= 0.6 is 0 Å². The molecule has 1 aromatic heterocycles. The summed E-state index contributed by atoms with van der Waals surface area (Å²) >= 11 is 0. The molecule has 0 radical (unpaired) electrons. The van der Waals surface area contributed by atoms with E-state index >= 15 is 0 Å². The van der Waals surface area contributed by atoms with Crippen molar-refractivity contribution in [3.05, 3.63) is 44.6 Å². The Labute approximate surface area is 145 Å². The Morgan fingerprint density at radius 1 is 1.36 bits per heavy atom. The molecular formula is C18H24N4O3. The summed E-state index contributed by atoms with van der Waals surface area (Å²) in [6.45, 7) is 4.64. The van der Waals surface area contributed by atoms with Gasteiger partial charge in [-0.1, -0.05) is 0 Å². The zero-order valence-corrected chi connectivity index (χ0v) is 14.6. The maximum atomic E-state index is 12.9. The van der Waals surface area contributed by atoms with Crippen molar-refractivity contribution in [2.75, 3.05) is 6.54 Å². The topological polar surface area (TPSA) is 101 Å². The van der Waals surface area contributed by atoms with Crippen molar-refractivity contribution >= 4 is 16.8 Å². The molecule has 1 aromatic carbocycles. The minimum atomic E-state index is -0.462. The number of nitrogens with zero attached hydrogens (tertiary/aromatic N) is 2. The second kappa shape index (κ2) is 6.84. The number of amides is 1. The van der Waals surface area contributed by atoms with Crippen molar-refractivity contribution in [1.29, 1.82) is 0 Å². The number of hydrogen-bond acceptors (Lipinski definition) is 4. The molecule has 2 aromatic rings. The predicted octanol–water partition coefficient (Wildman–Crippen LogP) is 1.05. The highest BCUT2D eigenvalue weighted by atomic mass is 16.2. The van der Waals surface area contributed by atoms with Crippen molar-refractivity contribution in [1.82, 2.24) is 14.5 Å². The predicted molar refractivity (Wildman–Crippen MR) is 96.8 cm³/mol. The van der Waals surface area contributed by atoms with Gasteiger partial charge in [-0.25, -0.2) is 4.79 Å². The van der Waals surface area contributed by atoms with Gasteiger partial charge in [0.1, 0.15) is 0 Å². The van der Waals surface area contributed by atoms with Gasteiger partial charge in [0.25, 0.3) is 11.5 Å². The smallest absolute Gasteiger partial charge is 0.328 e. The van der Waals surface area contributed by atoms with Gasteiger partial charge in [-0.05, 0) is 51.3 Å². The van der Waals surface area contributed by atoms with Crippen LogP contribution < -0.4 is 17.0 Å². The summed E-state index contributed by atoms with van der Waals surface area (Å²) in [6.07, 6.45) is 2.92. The number of H-pyrrole nitrogens is 1. The lowest BCUT2D eigenvalue weighted by Crippen LogP contribution is -2.51. The number of likely N-dealkylation sites (tertiary alicyclic amines) is 1. The highest BCUT2D eigenvalue weighted by Gasteiger charge is 2.30. The Balaban J connectivity index is 2.03. The molecule has 1 saturated heterocycles. The Hall–Kier alpha value is -2.41. The SMILES string of the molecule is CCn1c(=O)[nH]c2cc(C(=O)N3CCCCC3C(C)N)ccc2c1=O. The average Bonchev–Trinajstić information content (AvgIpc) is 2.61. The quantitative estimate of drug-likeness (QED) is 0.869. The molecule has 7 heteroatoms. The van der Waals surface area contributed by atoms with Crippen molar-refractivity contribution < 1.29 is 4.79 Å². The molecular weight excluding hydrogens is 320 g/mol. The Morgan fingerprint density at radius 2 is 2.12 bits per heavy atom. The zero-order chi connectivity index (χ0) is 18.1. The number of benzene rings is 1. The number of nitrogens with two attached hydrogens (primary N) is 1. The van der Waals surface area contributed by atoms with E-state index in [-0.39, 0.29) is 23.6 Å². The summed E-state index contributed by atoms with van der Waals surface area (Å²) < 4.78 is 1.14.